The molecule has 0 fully saturated rings. The fourth-order valence-corrected chi connectivity index (χ4v) is 9.06. The number of aromatic nitrogens is 4. The van der Waals surface area contributed by atoms with Crippen LogP contribution in [0, 0.1) is 11.3 Å². The number of aryl methyl sites for hydroxylation is 3. The molecule has 6 heterocycles. The Hall–Kier alpha value is -9.71. The highest BCUT2D eigenvalue weighted by Crippen LogP contribution is 2.27. The largest absolute Gasteiger partial charge is 0.478 e. The van der Waals surface area contributed by atoms with Crippen LogP contribution in [0.15, 0.2) is 97.1 Å². The van der Waals surface area contributed by atoms with Crippen molar-refractivity contribution in [2.75, 3.05) is 46.1 Å². The summed E-state index contributed by atoms with van der Waals surface area (Å²) >= 11 is 0. The molecule has 0 radical (unpaired) electrons. The highest BCUT2D eigenvalue weighted by atomic mass is 16.5. The second kappa shape index (κ2) is 27.1. The maximum absolute atomic E-state index is 12.1. The molecule has 0 saturated heterocycles. The van der Waals surface area contributed by atoms with E-state index in [0.29, 0.717) is 96.6 Å². The first-order valence-corrected chi connectivity index (χ1v) is 26.2. The van der Waals surface area contributed by atoms with Crippen molar-refractivity contribution in [2.45, 2.75) is 73.5 Å². The van der Waals surface area contributed by atoms with Gasteiger partial charge in [-0.1, -0.05) is 24.3 Å². The maximum Gasteiger partial charge on any atom is 0.354 e. The van der Waals surface area contributed by atoms with Gasteiger partial charge in [0.15, 0.2) is 0 Å². The van der Waals surface area contributed by atoms with Crippen LogP contribution in [0.2, 0.25) is 0 Å². The van der Waals surface area contributed by atoms with Gasteiger partial charge in [0.05, 0.1) is 67.8 Å². The Labute approximate surface area is 459 Å². The van der Waals surface area contributed by atoms with Crippen LogP contribution in [0.4, 0.5) is 0 Å². The zero-order chi connectivity index (χ0) is 57.5. The summed E-state index contributed by atoms with van der Waals surface area (Å²) in [6.45, 7) is 13.5. The van der Waals surface area contributed by atoms with E-state index in [-0.39, 0.29) is 42.3 Å². The van der Waals surface area contributed by atoms with Crippen LogP contribution >= 0.6 is 0 Å². The van der Waals surface area contributed by atoms with Crippen molar-refractivity contribution in [1.29, 1.82) is 5.26 Å². The monoisotopic (exact) mass is 1090 g/mol. The van der Waals surface area contributed by atoms with Crippen molar-refractivity contribution in [3.8, 4) is 6.07 Å². The number of aromatic carboxylic acids is 1. The van der Waals surface area contributed by atoms with E-state index in [1.807, 2.05) is 27.3 Å². The van der Waals surface area contributed by atoms with Crippen molar-refractivity contribution >= 4 is 91.2 Å². The van der Waals surface area contributed by atoms with Gasteiger partial charge in [0.25, 0.3) is 11.8 Å². The molecular formula is C59H61N7O14. The summed E-state index contributed by atoms with van der Waals surface area (Å²) in [6, 6.07) is 29.6. The van der Waals surface area contributed by atoms with Gasteiger partial charge in [-0.05, 0) is 120 Å². The van der Waals surface area contributed by atoms with Gasteiger partial charge < -0.3 is 58.1 Å². The summed E-state index contributed by atoms with van der Waals surface area (Å²) in [5, 5.41) is 27.0. The van der Waals surface area contributed by atoms with Crippen molar-refractivity contribution in [3.05, 3.63) is 142 Å². The fraction of sp³-hybridized carbons (Fsp3) is 0.305. The first-order chi connectivity index (χ1) is 38.6. The molecule has 416 valence electrons. The van der Waals surface area contributed by atoms with Gasteiger partial charge in [0.2, 0.25) is 0 Å². The molecule has 21 heteroatoms. The lowest BCUT2D eigenvalue weighted by Gasteiger charge is -2.09. The van der Waals surface area contributed by atoms with Crippen molar-refractivity contribution < 1.29 is 67.1 Å². The molecule has 4 N–H and O–H groups in total. The molecule has 0 atom stereocenters. The van der Waals surface area contributed by atoms with Crippen molar-refractivity contribution in [3.63, 3.8) is 0 Å². The number of nitrogens with zero attached hydrogens (tertiary/aromatic N) is 4. The molecule has 21 nitrogen and oxygen atoms in total. The summed E-state index contributed by atoms with van der Waals surface area (Å²) in [6.07, 6.45) is 1.98. The fourth-order valence-electron chi connectivity index (χ4n) is 9.06. The Balaban J connectivity index is 0.000000155. The summed E-state index contributed by atoms with van der Waals surface area (Å²) in [4.78, 5) is 96.7. The smallest absolute Gasteiger partial charge is 0.354 e. The number of fused-ring (bicyclic) bond motifs is 8. The second-order valence-corrected chi connectivity index (χ2v) is 17.9. The van der Waals surface area contributed by atoms with E-state index in [1.54, 1.807) is 118 Å². The number of benzene rings is 4. The number of ether oxygens (including phenoxy) is 5. The summed E-state index contributed by atoms with van der Waals surface area (Å²) < 4.78 is 30.5. The van der Waals surface area contributed by atoms with Crippen LogP contribution in [-0.2, 0) is 43.3 Å². The molecule has 10 rings (SSSR count). The Morgan fingerprint density at radius 2 is 0.950 bits per heavy atom. The van der Waals surface area contributed by atoms with Crippen molar-refractivity contribution in [1.82, 2.24) is 29.3 Å². The Morgan fingerprint density at radius 1 is 0.525 bits per heavy atom. The number of carbonyl (C=O) groups is 8. The number of H-pyrrole nitrogens is 1. The standard InChI is InChI=1S/C17H18N2O4.C15H16N2O3.C14H15NO4.C13H12N2O3/c1-3-22-16(20)13-7-6-12-10-15(17(21)23-4-2)19(9-5-8-18)14(12)11-13;1-2-20-15(19)11-5-4-10-8-13-14(18)16-6-3-7-17(13)12(10)9-11;1-3-18-13(16)10-6-5-9-7-12(14(17)19-4-2)15-11(9)8-10;16-12-11-6-8-2-3-9(13(17)18)7-10(8)15(11)5-1-4-14-12/h6-7,10-11H,3-5,9H2,1-2H3;4-5,8-9H,2-3,6-7H2,1H3,(H,16,18);5-8,15H,3-4H2,1-2H3;2-3,6-7H,1,4-5H2,(H,14,16)(H,17,18). The number of amides is 2. The number of hydrogen-bond acceptors (Lipinski definition) is 14. The maximum atomic E-state index is 12.1. The predicted octanol–water partition coefficient (Wildman–Crippen LogP) is 8.85. The molecule has 0 aliphatic carbocycles. The number of rotatable bonds is 13. The van der Waals surface area contributed by atoms with Crippen LogP contribution in [-0.4, -0.2) is 118 Å². The molecule has 0 spiro atoms. The number of esters is 5. The number of hydrogen-bond donors (Lipinski definition) is 4. The third-order valence-electron chi connectivity index (χ3n) is 12.7. The van der Waals surface area contributed by atoms with Gasteiger partial charge in [-0.25, -0.2) is 28.8 Å². The first-order valence-electron chi connectivity index (χ1n) is 26.2. The number of carbonyl (C=O) groups excluding carboxylic acids is 7. The van der Waals surface area contributed by atoms with E-state index in [4.69, 9.17) is 34.1 Å². The van der Waals surface area contributed by atoms with Crippen molar-refractivity contribution in [2.24, 2.45) is 0 Å². The predicted molar refractivity (Wildman–Crippen MR) is 295 cm³/mol. The van der Waals surface area contributed by atoms with Gasteiger partial charge in [0.1, 0.15) is 22.8 Å². The molecule has 0 saturated carbocycles. The number of carboxylic acids is 1. The zero-order valence-corrected chi connectivity index (χ0v) is 45.0. The van der Waals surface area contributed by atoms with Gasteiger partial charge in [0, 0.05) is 76.3 Å². The Kier molecular flexibility index (Phi) is 19.6. The highest BCUT2D eigenvalue weighted by molar-refractivity contribution is 6.03. The SMILES string of the molecule is CCOC(=O)c1ccc2cc(C(=O)OCC)[nH]c2c1.CCOC(=O)c1ccc2cc(C(=O)OCC)n(CCC#N)c2c1.CCOC(=O)c1ccc2cc3n(c2c1)CCCNC3=O.O=C(O)c1ccc2cc3n(c2c1)CCCNC3=O. The Morgan fingerprint density at radius 3 is 1.44 bits per heavy atom. The number of nitrogens with one attached hydrogen (secondary N) is 3. The first kappa shape index (κ1) is 58.0. The number of aromatic amines is 1. The topological polar surface area (TPSA) is 281 Å². The van der Waals surface area contributed by atoms with Gasteiger partial charge in [-0.3, -0.25) is 9.59 Å². The third kappa shape index (κ3) is 13.5. The van der Waals surface area contributed by atoms with E-state index >= 15 is 0 Å². The molecule has 2 aliphatic heterocycles. The number of nitriles is 1. The van der Waals surface area contributed by atoms with E-state index in [0.717, 1.165) is 58.5 Å². The van der Waals surface area contributed by atoms with Gasteiger partial charge in [-0.2, -0.15) is 5.26 Å². The average Bonchev–Trinajstić information content (AvgIpc) is 4.24. The van der Waals surface area contributed by atoms with E-state index in [9.17, 15) is 38.4 Å². The van der Waals surface area contributed by atoms with E-state index in [2.05, 4.69) is 21.7 Å². The van der Waals surface area contributed by atoms with Crippen LogP contribution < -0.4 is 10.6 Å². The van der Waals surface area contributed by atoms with Gasteiger partial charge in [-0.15, -0.1) is 0 Å². The molecule has 80 heavy (non-hydrogen) atoms. The average molecular weight is 1090 g/mol. The summed E-state index contributed by atoms with van der Waals surface area (Å²) in [7, 11) is 0. The quantitative estimate of drug-likeness (QED) is 0.0620. The van der Waals surface area contributed by atoms with Crippen LogP contribution in [0.25, 0.3) is 43.6 Å². The molecule has 4 aromatic carbocycles. The number of carboxylic acid groups (broad SMARTS) is 1. The van der Waals surface area contributed by atoms with Crippen LogP contribution in [0.1, 0.15) is 137 Å². The lowest BCUT2D eigenvalue weighted by molar-refractivity contribution is 0.0506. The molecule has 0 bridgehead atoms. The van der Waals surface area contributed by atoms with Gasteiger partial charge >= 0.3 is 35.8 Å². The van der Waals surface area contributed by atoms with E-state index in [1.165, 1.54) is 0 Å². The second-order valence-electron chi connectivity index (χ2n) is 17.9. The minimum absolute atomic E-state index is 0.0589. The molecule has 2 amide bonds. The lowest BCUT2D eigenvalue weighted by atomic mass is 10.1. The summed E-state index contributed by atoms with van der Waals surface area (Å²) in [5.41, 5.74) is 6.74. The highest BCUT2D eigenvalue weighted by Gasteiger charge is 2.22. The van der Waals surface area contributed by atoms with Crippen LogP contribution in [0.3, 0.4) is 0 Å². The zero-order valence-electron chi connectivity index (χ0n) is 45.0. The molecule has 2 aliphatic rings. The molecular weight excluding hydrogens is 1030 g/mol. The summed E-state index contributed by atoms with van der Waals surface area (Å²) in [5.74, 6) is -3.09. The molecule has 4 aromatic heterocycles. The third-order valence-corrected chi connectivity index (χ3v) is 12.7. The minimum Gasteiger partial charge on any atom is -0.478 e. The van der Waals surface area contributed by atoms with E-state index < -0.39 is 23.9 Å². The minimum atomic E-state index is -0.953. The molecule has 8 aromatic rings. The Bertz CT molecular complexity index is 3670. The lowest BCUT2D eigenvalue weighted by Crippen LogP contribution is -2.22. The molecule has 0 unspecified atom stereocenters. The normalized spacial score (nSPS) is 12.4. The van der Waals surface area contributed by atoms with Crippen LogP contribution in [0.5, 0.6) is 0 Å².